The molecular weight excluding hydrogens is 238 g/mol. The Labute approximate surface area is 103 Å². The van der Waals surface area contributed by atoms with Crippen molar-refractivity contribution in [2.45, 2.75) is 19.9 Å². The summed E-state index contributed by atoms with van der Waals surface area (Å²) in [7, 11) is 0. The van der Waals surface area contributed by atoms with Gasteiger partial charge in [0.15, 0.2) is 6.29 Å². The molecule has 1 heterocycles. The third kappa shape index (κ3) is 2.30. The smallest absolute Gasteiger partial charge is 0.153 e. The molecule has 0 N–H and O–H groups in total. The topological polar surface area (TPSA) is 34.9 Å². The van der Waals surface area contributed by atoms with Crippen LogP contribution < -0.4 is 0 Å². The normalized spacial score (nSPS) is 10.6. The van der Waals surface area contributed by atoms with Crippen molar-refractivity contribution in [1.29, 1.82) is 0 Å². The van der Waals surface area contributed by atoms with E-state index in [0.29, 0.717) is 18.4 Å². The molecule has 0 aliphatic heterocycles. The summed E-state index contributed by atoms with van der Waals surface area (Å²) in [6.45, 7) is 2.62. The highest BCUT2D eigenvalue weighted by molar-refractivity contribution is 5.85. The lowest BCUT2D eigenvalue weighted by atomic mass is 10.1. The number of carbonyl (C=O) groups excluding carboxylic acids is 1. The molecule has 0 saturated heterocycles. The molecule has 0 fully saturated rings. The molecule has 0 radical (unpaired) electrons. The summed E-state index contributed by atoms with van der Waals surface area (Å²) in [4.78, 5) is 10.9. The molecule has 0 aliphatic carbocycles. The number of aldehydes is 1. The Morgan fingerprint density at radius 3 is 2.78 bits per heavy atom. The van der Waals surface area contributed by atoms with Crippen molar-refractivity contribution < 1.29 is 13.6 Å². The van der Waals surface area contributed by atoms with Crippen molar-refractivity contribution in [1.82, 2.24) is 9.78 Å². The lowest BCUT2D eigenvalue weighted by Crippen LogP contribution is -1.97. The van der Waals surface area contributed by atoms with E-state index >= 15 is 0 Å². The molecular formula is C13H12F2N2O. The fourth-order valence-corrected chi connectivity index (χ4v) is 1.76. The van der Waals surface area contributed by atoms with E-state index in [9.17, 15) is 13.6 Å². The Kier molecular flexibility index (Phi) is 3.50. The van der Waals surface area contributed by atoms with Crippen LogP contribution in [0.3, 0.4) is 0 Å². The van der Waals surface area contributed by atoms with Crippen LogP contribution in [0, 0.1) is 11.6 Å². The highest BCUT2D eigenvalue weighted by atomic mass is 19.1. The van der Waals surface area contributed by atoms with Gasteiger partial charge in [-0.3, -0.25) is 9.48 Å². The van der Waals surface area contributed by atoms with Crippen LogP contribution in [0.2, 0.25) is 0 Å². The van der Waals surface area contributed by atoms with Crippen molar-refractivity contribution >= 4 is 6.29 Å². The molecule has 2 rings (SSSR count). The van der Waals surface area contributed by atoms with Gasteiger partial charge in [-0.1, -0.05) is 6.92 Å². The fourth-order valence-electron chi connectivity index (χ4n) is 1.76. The lowest BCUT2D eigenvalue weighted by Gasteiger charge is -2.00. The summed E-state index contributed by atoms with van der Waals surface area (Å²) in [5.41, 5.74) is 0.679. The summed E-state index contributed by atoms with van der Waals surface area (Å²) in [6, 6.07) is 3.21. The zero-order valence-electron chi connectivity index (χ0n) is 9.86. The molecule has 0 bridgehead atoms. The highest BCUT2D eigenvalue weighted by Gasteiger charge is 2.14. The van der Waals surface area contributed by atoms with Gasteiger partial charge in [-0.05, 0) is 18.6 Å². The van der Waals surface area contributed by atoms with Gasteiger partial charge in [0.05, 0.1) is 5.56 Å². The van der Waals surface area contributed by atoms with Crippen molar-refractivity contribution in [2.24, 2.45) is 0 Å². The van der Waals surface area contributed by atoms with E-state index in [0.717, 1.165) is 18.6 Å². The van der Waals surface area contributed by atoms with Crippen LogP contribution >= 0.6 is 0 Å². The first-order chi connectivity index (χ1) is 8.65. The molecule has 3 nitrogen and oxygen atoms in total. The van der Waals surface area contributed by atoms with Crippen LogP contribution in [0.25, 0.3) is 11.3 Å². The van der Waals surface area contributed by atoms with E-state index in [1.165, 1.54) is 6.07 Å². The minimum Gasteiger partial charge on any atom is -0.298 e. The number of aromatic nitrogens is 2. The molecule has 5 heteroatoms. The van der Waals surface area contributed by atoms with Gasteiger partial charge in [-0.2, -0.15) is 5.10 Å². The molecule has 0 saturated carbocycles. The third-order valence-corrected chi connectivity index (χ3v) is 2.56. The van der Waals surface area contributed by atoms with Gasteiger partial charge in [0.2, 0.25) is 0 Å². The zero-order chi connectivity index (χ0) is 13.1. The molecule has 18 heavy (non-hydrogen) atoms. The maximum absolute atomic E-state index is 13.6. The van der Waals surface area contributed by atoms with E-state index in [1.807, 2.05) is 6.92 Å². The largest absolute Gasteiger partial charge is 0.298 e. The maximum Gasteiger partial charge on any atom is 0.153 e. The molecule has 0 unspecified atom stereocenters. The Balaban J connectivity index is 2.51. The zero-order valence-corrected chi connectivity index (χ0v) is 9.86. The summed E-state index contributed by atoms with van der Waals surface area (Å²) >= 11 is 0. The first-order valence-electron chi connectivity index (χ1n) is 5.63. The number of halogens is 2. The van der Waals surface area contributed by atoms with Crippen LogP contribution in [0.1, 0.15) is 23.7 Å². The molecule has 0 atom stereocenters. The fraction of sp³-hybridized carbons (Fsp3) is 0.231. The summed E-state index contributed by atoms with van der Waals surface area (Å²) in [5.74, 6) is -1.38. The predicted octanol–water partition coefficient (Wildman–Crippen LogP) is 3.05. The SMILES string of the molecule is CCCn1cc(C=O)c(-c2ccc(F)cc2F)n1. The van der Waals surface area contributed by atoms with Crippen LogP contribution in [0.4, 0.5) is 8.78 Å². The van der Waals surface area contributed by atoms with E-state index in [2.05, 4.69) is 5.10 Å². The van der Waals surface area contributed by atoms with Crippen LogP contribution in [0.5, 0.6) is 0 Å². The molecule has 0 spiro atoms. The Hall–Kier alpha value is -2.04. The highest BCUT2D eigenvalue weighted by Crippen LogP contribution is 2.24. The minimum absolute atomic E-state index is 0.133. The van der Waals surface area contributed by atoms with Crippen molar-refractivity contribution in [3.8, 4) is 11.3 Å². The number of rotatable bonds is 4. The second-order valence-electron chi connectivity index (χ2n) is 3.94. The molecule has 1 aromatic heterocycles. The van der Waals surface area contributed by atoms with Crippen LogP contribution in [0.15, 0.2) is 24.4 Å². The summed E-state index contributed by atoms with van der Waals surface area (Å²) in [6.07, 6.45) is 3.04. The van der Waals surface area contributed by atoms with Crippen molar-refractivity contribution in [3.63, 3.8) is 0 Å². The average molecular weight is 250 g/mol. The van der Waals surface area contributed by atoms with E-state index in [1.54, 1.807) is 10.9 Å². The number of hydrogen-bond acceptors (Lipinski definition) is 2. The summed E-state index contributed by atoms with van der Waals surface area (Å²) < 4.78 is 28.1. The first-order valence-corrected chi connectivity index (χ1v) is 5.63. The van der Waals surface area contributed by atoms with Gasteiger partial charge in [0, 0.05) is 24.4 Å². The molecule has 0 amide bonds. The molecule has 1 aromatic carbocycles. The van der Waals surface area contributed by atoms with Gasteiger partial charge in [-0.15, -0.1) is 0 Å². The van der Waals surface area contributed by atoms with Crippen molar-refractivity contribution in [2.75, 3.05) is 0 Å². The van der Waals surface area contributed by atoms with Gasteiger partial charge in [-0.25, -0.2) is 8.78 Å². The lowest BCUT2D eigenvalue weighted by molar-refractivity contribution is 0.112. The second-order valence-corrected chi connectivity index (χ2v) is 3.94. The Morgan fingerprint density at radius 2 is 2.17 bits per heavy atom. The number of nitrogens with zero attached hydrogens (tertiary/aromatic N) is 2. The van der Waals surface area contributed by atoms with E-state index < -0.39 is 11.6 Å². The monoisotopic (exact) mass is 250 g/mol. The Morgan fingerprint density at radius 1 is 1.39 bits per heavy atom. The Bertz CT molecular complexity index is 578. The van der Waals surface area contributed by atoms with Crippen LogP contribution in [-0.2, 0) is 6.54 Å². The quantitative estimate of drug-likeness (QED) is 0.782. The van der Waals surface area contributed by atoms with E-state index in [-0.39, 0.29) is 11.3 Å². The van der Waals surface area contributed by atoms with Gasteiger partial charge in [0.1, 0.15) is 17.3 Å². The number of carbonyl (C=O) groups is 1. The predicted molar refractivity (Wildman–Crippen MR) is 63.3 cm³/mol. The summed E-state index contributed by atoms with van der Waals surface area (Å²) in [5, 5.41) is 4.15. The molecule has 94 valence electrons. The third-order valence-electron chi connectivity index (χ3n) is 2.56. The molecule has 0 aliphatic rings. The van der Waals surface area contributed by atoms with Gasteiger partial charge >= 0.3 is 0 Å². The van der Waals surface area contributed by atoms with Gasteiger partial charge in [0.25, 0.3) is 0 Å². The molecule has 2 aromatic rings. The van der Waals surface area contributed by atoms with Gasteiger partial charge < -0.3 is 0 Å². The van der Waals surface area contributed by atoms with E-state index in [4.69, 9.17) is 0 Å². The van der Waals surface area contributed by atoms with Crippen molar-refractivity contribution in [3.05, 3.63) is 41.6 Å². The maximum atomic E-state index is 13.6. The number of hydrogen-bond donors (Lipinski definition) is 0. The average Bonchev–Trinajstić information content (AvgIpc) is 2.72. The first kappa shape index (κ1) is 12.4. The minimum atomic E-state index is -0.722. The standard InChI is InChI=1S/C13H12F2N2O/c1-2-5-17-7-9(8-18)13(16-17)11-4-3-10(14)6-12(11)15/h3-4,6-8H,2,5H2,1H3. The van der Waals surface area contributed by atoms with Crippen LogP contribution in [-0.4, -0.2) is 16.1 Å². The number of benzene rings is 1. The number of aryl methyl sites for hydroxylation is 1. The second kappa shape index (κ2) is 5.08.